The fourth-order valence-electron chi connectivity index (χ4n) is 1.48. The summed E-state index contributed by atoms with van der Waals surface area (Å²) >= 11 is 5.30. The Hall–Kier alpha value is -1.80. The van der Waals surface area contributed by atoms with Crippen molar-refractivity contribution >= 4 is 28.3 Å². The number of fused-ring (bicyclic) bond motifs is 1. The van der Waals surface area contributed by atoms with Gasteiger partial charge >= 0.3 is 5.97 Å². The normalized spacial score (nSPS) is 10.8. The molecular formula is C13H9ClO2. The predicted molar refractivity (Wildman–Crippen MR) is 64.6 cm³/mol. The molecule has 0 aliphatic heterocycles. The van der Waals surface area contributed by atoms with Crippen LogP contribution in [-0.4, -0.2) is 5.97 Å². The fourth-order valence-corrected chi connectivity index (χ4v) is 1.58. The van der Waals surface area contributed by atoms with Crippen LogP contribution >= 0.6 is 11.6 Å². The highest BCUT2D eigenvalue weighted by molar-refractivity contribution is 6.26. The molecular weight excluding hydrogens is 224 g/mol. The minimum Gasteiger partial charge on any atom is -0.423 e. The summed E-state index contributed by atoms with van der Waals surface area (Å²) in [6, 6.07) is 13.3. The van der Waals surface area contributed by atoms with Crippen LogP contribution in [0.15, 0.2) is 54.1 Å². The number of ether oxygens (including phenoxy) is 1. The van der Waals surface area contributed by atoms with E-state index in [1.54, 1.807) is 6.07 Å². The second-order valence-electron chi connectivity index (χ2n) is 3.19. The molecule has 0 radical (unpaired) electrons. The summed E-state index contributed by atoms with van der Waals surface area (Å²) in [4.78, 5) is 11.3. The van der Waals surface area contributed by atoms with E-state index < -0.39 is 5.97 Å². The van der Waals surface area contributed by atoms with Crippen molar-refractivity contribution in [1.82, 2.24) is 0 Å². The molecule has 0 atom stereocenters. The summed E-state index contributed by atoms with van der Waals surface area (Å²) < 4.78 is 5.16. The Morgan fingerprint density at radius 1 is 1.12 bits per heavy atom. The van der Waals surface area contributed by atoms with E-state index in [4.69, 9.17) is 16.3 Å². The van der Waals surface area contributed by atoms with Crippen LogP contribution in [0.25, 0.3) is 10.8 Å². The number of carbonyl (C=O) groups excluding carboxylic acids is 1. The molecule has 2 rings (SSSR count). The number of esters is 1. The molecule has 0 aliphatic rings. The van der Waals surface area contributed by atoms with Crippen LogP contribution in [0.5, 0.6) is 5.75 Å². The molecule has 0 aliphatic carbocycles. The zero-order valence-corrected chi connectivity index (χ0v) is 9.15. The Morgan fingerprint density at radius 3 is 2.69 bits per heavy atom. The topological polar surface area (TPSA) is 26.3 Å². The second kappa shape index (κ2) is 4.81. The van der Waals surface area contributed by atoms with E-state index in [9.17, 15) is 4.79 Å². The lowest BCUT2D eigenvalue weighted by molar-refractivity contribution is -0.128. The highest BCUT2D eigenvalue weighted by Gasteiger charge is 2.04. The van der Waals surface area contributed by atoms with E-state index in [1.165, 1.54) is 6.08 Å². The standard InChI is InChI=1S/C13H9ClO2/c14-9-8-13(15)16-12-7-3-5-10-4-1-2-6-11(10)12/h1-9H/b9-8+. The van der Waals surface area contributed by atoms with Crippen molar-refractivity contribution in [1.29, 1.82) is 0 Å². The third-order valence-corrected chi connectivity index (χ3v) is 2.29. The van der Waals surface area contributed by atoms with E-state index in [0.717, 1.165) is 16.3 Å². The Labute approximate surface area is 98.1 Å². The van der Waals surface area contributed by atoms with Gasteiger partial charge in [0.15, 0.2) is 0 Å². The SMILES string of the molecule is O=C(/C=C/Cl)Oc1cccc2ccccc12. The minimum absolute atomic E-state index is 0.480. The van der Waals surface area contributed by atoms with Gasteiger partial charge in [-0.3, -0.25) is 0 Å². The summed E-state index contributed by atoms with van der Waals surface area (Å²) in [6.07, 6.45) is 1.17. The largest absolute Gasteiger partial charge is 0.423 e. The van der Waals surface area contributed by atoms with Gasteiger partial charge < -0.3 is 4.74 Å². The summed E-state index contributed by atoms with van der Waals surface area (Å²) in [7, 11) is 0. The van der Waals surface area contributed by atoms with Crippen LogP contribution in [0.4, 0.5) is 0 Å². The quantitative estimate of drug-likeness (QED) is 0.450. The molecule has 2 aromatic carbocycles. The van der Waals surface area contributed by atoms with Crippen LogP contribution in [-0.2, 0) is 4.79 Å². The van der Waals surface area contributed by atoms with Crippen LogP contribution in [0.3, 0.4) is 0 Å². The van der Waals surface area contributed by atoms with Crippen molar-refractivity contribution in [3.05, 3.63) is 54.1 Å². The first-order chi connectivity index (χ1) is 7.81. The van der Waals surface area contributed by atoms with Crippen LogP contribution in [0.2, 0.25) is 0 Å². The van der Waals surface area contributed by atoms with Crippen molar-refractivity contribution < 1.29 is 9.53 Å². The maximum absolute atomic E-state index is 11.3. The first kappa shape index (κ1) is 10.7. The number of carbonyl (C=O) groups is 1. The first-order valence-corrected chi connectivity index (χ1v) is 5.21. The lowest BCUT2D eigenvalue weighted by atomic mass is 10.1. The van der Waals surface area contributed by atoms with Gasteiger partial charge in [0.1, 0.15) is 5.75 Å². The average molecular weight is 233 g/mol. The number of halogens is 1. The van der Waals surface area contributed by atoms with Gasteiger partial charge in [-0.15, -0.1) is 0 Å². The Kier molecular flexibility index (Phi) is 3.22. The summed E-state index contributed by atoms with van der Waals surface area (Å²) in [5.41, 5.74) is 1.13. The summed E-state index contributed by atoms with van der Waals surface area (Å²) in [5, 5.41) is 1.93. The molecule has 0 fully saturated rings. The molecule has 0 unspecified atom stereocenters. The van der Waals surface area contributed by atoms with Crippen LogP contribution in [0.1, 0.15) is 0 Å². The molecule has 2 nitrogen and oxygen atoms in total. The van der Waals surface area contributed by atoms with Crippen molar-refractivity contribution in [2.45, 2.75) is 0 Å². The molecule has 0 N–H and O–H groups in total. The van der Waals surface area contributed by atoms with Gasteiger partial charge in [-0.1, -0.05) is 48.0 Å². The van der Waals surface area contributed by atoms with Gasteiger partial charge in [0.25, 0.3) is 0 Å². The maximum Gasteiger partial charge on any atom is 0.337 e. The van der Waals surface area contributed by atoms with E-state index in [1.807, 2.05) is 36.4 Å². The average Bonchev–Trinajstić information content (AvgIpc) is 2.30. The Morgan fingerprint density at radius 2 is 1.88 bits per heavy atom. The third kappa shape index (κ3) is 2.23. The Balaban J connectivity index is 2.41. The molecule has 0 saturated heterocycles. The molecule has 0 heterocycles. The van der Waals surface area contributed by atoms with Crippen molar-refractivity contribution in [3.8, 4) is 5.75 Å². The molecule has 16 heavy (non-hydrogen) atoms. The van der Waals surface area contributed by atoms with Crippen molar-refractivity contribution in [2.24, 2.45) is 0 Å². The van der Waals surface area contributed by atoms with Gasteiger partial charge in [-0.2, -0.15) is 0 Å². The number of rotatable bonds is 2. The van der Waals surface area contributed by atoms with Crippen LogP contribution in [0, 0.1) is 0 Å². The highest BCUT2D eigenvalue weighted by atomic mass is 35.5. The molecule has 2 aromatic rings. The van der Waals surface area contributed by atoms with Gasteiger partial charge in [0, 0.05) is 17.0 Å². The predicted octanol–water partition coefficient (Wildman–Crippen LogP) is 3.50. The highest BCUT2D eigenvalue weighted by Crippen LogP contribution is 2.25. The molecule has 0 bridgehead atoms. The Bertz CT molecular complexity index is 541. The number of hydrogen-bond donors (Lipinski definition) is 0. The summed E-state index contributed by atoms with van der Waals surface area (Å²) in [5.74, 6) is 0.0595. The molecule has 0 spiro atoms. The van der Waals surface area contributed by atoms with Crippen LogP contribution < -0.4 is 4.74 Å². The molecule has 3 heteroatoms. The van der Waals surface area contributed by atoms with E-state index in [0.29, 0.717) is 5.75 Å². The fraction of sp³-hybridized carbons (Fsp3) is 0. The number of benzene rings is 2. The zero-order valence-electron chi connectivity index (χ0n) is 8.39. The zero-order chi connectivity index (χ0) is 11.4. The van der Waals surface area contributed by atoms with E-state index in [-0.39, 0.29) is 0 Å². The monoisotopic (exact) mass is 232 g/mol. The number of hydrogen-bond acceptors (Lipinski definition) is 2. The maximum atomic E-state index is 11.3. The van der Waals surface area contributed by atoms with Gasteiger partial charge in [-0.05, 0) is 11.5 Å². The van der Waals surface area contributed by atoms with Crippen molar-refractivity contribution in [3.63, 3.8) is 0 Å². The van der Waals surface area contributed by atoms with Gasteiger partial charge in [0.2, 0.25) is 0 Å². The molecule has 0 saturated carbocycles. The van der Waals surface area contributed by atoms with E-state index >= 15 is 0 Å². The smallest absolute Gasteiger partial charge is 0.337 e. The minimum atomic E-state index is -0.480. The molecule has 0 aromatic heterocycles. The second-order valence-corrected chi connectivity index (χ2v) is 3.44. The van der Waals surface area contributed by atoms with Gasteiger partial charge in [0.05, 0.1) is 0 Å². The lowest BCUT2D eigenvalue weighted by Crippen LogP contribution is -2.03. The first-order valence-electron chi connectivity index (χ1n) is 4.77. The van der Waals surface area contributed by atoms with E-state index in [2.05, 4.69) is 0 Å². The lowest BCUT2D eigenvalue weighted by Gasteiger charge is -2.05. The van der Waals surface area contributed by atoms with Gasteiger partial charge in [-0.25, -0.2) is 4.79 Å². The summed E-state index contributed by atoms with van der Waals surface area (Å²) in [6.45, 7) is 0. The molecule has 80 valence electrons. The third-order valence-electron chi connectivity index (χ3n) is 2.16. The van der Waals surface area contributed by atoms with Crippen molar-refractivity contribution in [2.75, 3.05) is 0 Å². The molecule has 0 amide bonds.